The Balaban J connectivity index is 1.89. The van der Waals surface area contributed by atoms with Crippen molar-refractivity contribution in [1.82, 2.24) is 4.90 Å². The fourth-order valence-electron chi connectivity index (χ4n) is 3.79. The highest BCUT2D eigenvalue weighted by molar-refractivity contribution is 8.03. The van der Waals surface area contributed by atoms with E-state index in [4.69, 9.17) is 0 Å². The van der Waals surface area contributed by atoms with E-state index in [1.807, 2.05) is 17.8 Å². The summed E-state index contributed by atoms with van der Waals surface area (Å²) in [6, 6.07) is 6.42. The van der Waals surface area contributed by atoms with Crippen molar-refractivity contribution >= 4 is 17.5 Å². The molecule has 3 heteroatoms. The minimum absolute atomic E-state index is 0.150. The van der Waals surface area contributed by atoms with E-state index in [0.29, 0.717) is 6.54 Å². The van der Waals surface area contributed by atoms with Gasteiger partial charge in [-0.25, -0.2) is 0 Å². The molecule has 1 aliphatic carbocycles. The highest BCUT2D eigenvalue weighted by atomic mass is 32.2. The molecule has 2 aliphatic rings. The van der Waals surface area contributed by atoms with Gasteiger partial charge in [0.15, 0.2) is 5.78 Å². The Bertz CT molecular complexity index is 715. The zero-order chi connectivity index (χ0) is 17.7. The monoisotopic (exact) mass is 343 g/mol. The van der Waals surface area contributed by atoms with Gasteiger partial charge in [0.1, 0.15) is 0 Å². The van der Waals surface area contributed by atoms with Crippen molar-refractivity contribution in [2.45, 2.75) is 65.2 Å². The van der Waals surface area contributed by atoms with Gasteiger partial charge < -0.3 is 4.90 Å². The average molecular weight is 344 g/mol. The molecule has 0 spiro atoms. The first-order chi connectivity index (χ1) is 11.1. The molecule has 0 radical (unpaired) electrons. The minimum atomic E-state index is 0.150. The zero-order valence-corrected chi connectivity index (χ0v) is 16.6. The second kappa shape index (κ2) is 5.94. The Labute approximate surface area is 150 Å². The SMILES string of the molecule is CC1=C(C)N(CC(=O)c2ccc3c(c2)C(C)(C)CCC3(C)C)CS1. The topological polar surface area (TPSA) is 20.3 Å². The molecular weight excluding hydrogens is 314 g/mol. The largest absolute Gasteiger partial charge is 0.357 e. The molecule has 1 aromatic carbocycles. The van der Waals surface area contributed by atoms with Crippen molar-refractivity contribution in [3.63, 3.8) is 0 Å². The second-order valence-corrected chi connectivity index (χ2v) is 9.72. The van der Waals surface area contributed by atoms with Crippen LogP contribution >= 0.6 is 11.8 Å². The van der Waals surface area contributed by atoms with E-state index < -0.39 is 0 Å². The third kappa shape index (κ3) is 3.03. The molecule has 0 unspecified atom stereocenters. The van der Waals surface area contributed by atoms with Crippen LogP contribution in [0, 0.1) is 0 Å². The molecule has 0 saturated heterocycles. The van der Waals surface area contributed by atoms with Gasteiger partial charge in [-0.05, 0) is 54.7 Å². The van der Waals surface area contributed by atoms with Gasteiger partial charge in [0.05, 0.1) is 12.4 Å². The number of fused-ring (bicyclic) bond motifs is 1. The molecular formula is C21H29NOS. The van der Waals surface area contributed by atoms with Crippen LogP contribution in [0.4, 0.5) is 0 Å². The van der Waals surface area contributed by atoms with Crippen LogP contribution in [0.15, 0.2) is 28.8 Å². The van der Waals surface area contributed by atoms with Crippen LogP contribution in [-0.4, -0.2) is 23.1 Å². The summed E-state index contributed by atoms with van der Waals surface area (Å²) in [6.45, 7) is 14.0. The molecule has 0 saturated carbocycles. The highest BCUT2D eigenvalue weighted by Crippen LogP contribution is 2.46. The van der Waals surface area contributed by atoms with Gasteiger partial charge in [0.25, 0.3) is 0 Å². The lowest BCUT2D eigenvalue weighted by atomic mass is 9.63. The van der Waals surface area contributed by atoms with Gasteiger partial charge in [0, 0.05) is 16.2 Å². The van der Waals surface area contributed by atoms with E-state index in [1.54, 1.807) is 0 Å². The molecule has 2 nitrogen and oxygen atoms in total. The maximum absolute atomic E-state index is 12.8. The molecule has 0 aromatic heterocycles. The van der Waals surface area contributed by atoms with Crippen LogP contribution in [0.3, 0.4) is 0 Å². The molecule has 130 valence electrons. The van der Waals surface area contributed by atoms with Gasteiger partial charge in [0.2, 0.25) is 0 Å². The Morgan fingerprint density at radius 1 is 1.08 bits per heavy atom. The Morgan fingerprint density at radius 3 is 2.29 bits per heavy atom. The molecule has 24 heavy (non-hydrogen) atoms. The number of carbonyl (C=O) groups excluding carboxylic acids is 1. The van der Waals surface area contributed by atoms with E-state index in [-0.39, 0.29) is 16.6 Å². The van der Waals surface area contributed by atoms with Crippen LogP contribution in [0.2, 0.25) is 0 Å². The quantitative estimate of drug-likeness (QED) is 0.678. The van der Waals surface area contributed by atoms with Gasteiger partial charge in [-0.15, -0.1) is 11.8 Å². The molecule has 0 N–H and O–H groups in total. The second-order valence-electron chi connectivity index (χ2n) is 8.56. The van der Waals surface area contributed by atoms with Crippen LogP contribution in [0.25, 0.3) is 0 Å². The Morgan fingerprint density at radius 2 is 1.71 bits per heavy atom. The molecule has 0 atom stereocenters. The van der Waals surface area contributed by atoms with Crippen LogP contribution < -0.4 is 0 Å². The summed E-state index contributed by atoms with van der Waals surface area (Å²) in [7, 11) is 0. The fourth-order valence-corrected chi connectivity index (χ4v) is 4.76. The number of benzene rings is 1. The van der Waals surface area contributed by atoms with Gasteiger partial charge in [-0.3, -0.25) is 4.79 Å². The predicted octanol–water partition coefficient (Wildman–Crippen LogP) is 5.48. The van der Waals surface area contributed by atoms with Crippen LogP contribution in [0.1, 0.15) is 75.9 Å². The standard InChI is InChI=1S/C21H29NOS/c1-14-15(2)24-13-22(14)12-19(23)16-7-8-17-18(11-16)21(5,6)10-9-20(17,3)4/h7-8,11H,9-10,12-13H2,1-6H3. The van der Waals surface area contributed by atoms with Crippen molar-refractivity contribution in [2.75, 3.05) is 12.4 Å². The molecule has 3 rings (SSSR count). The van der Waals surface area contributed by atoms with E-state index in [1.165, 1.54) is 34.6 Å². The molecule has 1 aromatic rings. The highest BCUT2D eigenvalue weighted by Gasteiger charge is 2.37. The Kier molecular flexibility index (Phi) is 4.36. The van der Waals surface area contributed by atoms with Crippen molar-refractivity contribution in [1.29, 1.82) is 0 Å². The van der Waals surface area contributed by atoms with E-state index in [9.17, 15) is 4.79 Å². The third-order valence-corrected chi connectivity index (χ3v) is 7.10. The summed E-state index contributed by atoms with van der Waals surface area (Å²) in [5.41, 5.74) is 5.24. The summed E-state index contributed by atoms with van der Waals surface area (Å²) in [4.78, 5) is 16.4. The number of nitrogens with zero attached hydrogens (tertiary/aromatic N) is 1. The van der Waals surface area contributed by atoms with Crippen LogP contribution in [-0.2, 0) is 10.8 Å². The number of carbonyl (C=O) groups is 1. The zero-order valence-electron chi connectivity index (χ0n) is 15.8. The maximum Gasteiger partial charge on any atom is 0.182 e. The predicted molar refractivity (Wildman–Crippen MR) is 104 cm³/mol. The van der Waals surface area contributed by atoms with Gasteiger partial charge in [-0.2, -0.15) is 0 Å². The lowest BCUT2D eigenvalue weighted by molar-refractivity contribution is 0.0958. The molecule has 0 fully saturated rings. The third-order valence-electron chi connectivity index (χ3n) is 5.93. The molecule has 1 aliphatic heterocycles. The van der Waals surface area contributed by atoms with Crippen molar-refractivity contribution in [3.05, 3.63) is 45.5 Å². The number of allylic oxidation sites excluding steroid dienone is 2. The number of thioether (sulfide) groups is 1. The summed E-state index contributed by atoms with van der Waals surface area (Å²) >= 11 is 1.83. The summed E-state index contributed by atoms with van der Waals surface area (Å²) < 4.78 is 0. The summed E-state index contributed by atoms with van der Waals surface area (Å²) in [6.07, 6.45) is 2.38. The first-order valence-corrected chi connectivity index (χ1v) is 9.84. The minimum Gasteiger partial charge on any atom is -0.357 e. The molecule has 0 bridgehead atoms. The smallest absolute Gasteiger partial charge is 0.182 e. The lowest BCUT2D eigenvalue weighted by Gasteiger charge is -2.42. The first kappa shape index (κ1) is 17.6. The number of rotatable bonds is 3. The first-order valence-electron chi connectivity index (χ1n) is 8.85. The van der Waals surface area contributed by atoms with E-state index in [0.717, 1.165) is 11.4 Å². The summed E-state index contributed by atoms with van der Waals surface area (Å²) in [5, 5.41) is 0. The maximum atomic E-state index is 12.8. The number of ketones is 1. The number of Topliss-reactive ketones (excluding diaryl/α,β-unsaturated/α-hetero) is 1. The Hall–Kier alpha value is -1.22. The molecule has 1 heterocycles. The van der Waals surface area contributed by atoms with Crippen molar-refractivity contribution < 1.29 is 4.79 Å². The van der Waals surface area contributed by atoms with Crippen molar-refractivity contribution in [3.8, 4) is 0 Å². The fraction of sp³-hybridized carbons (Fsp3) is 0.571. The van der Waals surface area contributed by atoms with Gasteiger partial charge in [-0.1, -0.05) is 39.8 Å². The van der Waals surface area contributed by atoms with Crippen LogP contribution in [0.5, 0.6) is 0 Å². The van der Waals surface area contributed by atoms with Crippen molar-refractivity contribution in [2.24, 2.45) is 0 Å². The number of hydrogen-bond donors (Lipinski definition) is 0. The van der Waals surface area contributed by atoms with Gasteiger partial charge >= 0.3 is 0 Å². The average Bonchev–Trinajstić information content (AvgIpc) is 2.83. The van der Waals surface area contributed by atoms with E-state index >= 15 is 0 Å². The van der Waals surface area contributed by atoms with E-state index in [2.05, 4.69) is 58.6 Å². The number of hydrogen-bond acceptors (Lipinski definition) is 3. The lowest BCUT2D eigenvalue weighted by Crippen LogP contribution is -2.34. The molecule has 0 amide bonds. The summed E-state index contributed by atoms with van der Waals surface area (Å²) in [5.74, 6) is 1.12. The normalized spacial score (nSPS) is 21.8.